The molecule has 2 rings (SSSR count). The third-order valence-corrected chi connectivity index (χ3v) is 4.54. The molecule has 1 aromatic rings. The van der Waals surface area contributed by atoms with Crippen molar-refractivity contribution in [3.05, 3.63) is 28.8 Å². The highest BCUT2D eigenvalue weighted by molar-refractivity contribution is 6.34. The van der Waals surface area contributed by atoms with Gasteiger partial charge in [-0.15, -0.1) is 0 Å². The molecule has 1 aliphatic heterocycles. The standard InChI is InChI=1S/C16H24ClN3O/c1-3-9-20-10-7-12(8-11-20)19(2)16(21)15-13(17)5-4-6-14(15)18/h4-6,12H,3,7-11,18H2,1-2H3. The van der Waals surface area contributed by atoms with E-state index in [1.807, 2.05) is 7.05 Å². The van der Waals surface area contributed by atoms with E-state index in [0.717, 1.165) is 32.5 Å². The van der Waals surface area contributed by atoms with Gasteiger partial charge < -0.3 is 15.5 Å². The lowest BCUT2D eigenvalue weighted by Crippen LogP contribution is -2.45. The lowest BCUT2D eigenvalue weighted by molar-refractivity contribution is 0.0644. The van der Waals surface area contributed by atoms with Crippen LogP contribution in [-0.4, -0.2) is 48.4 Å². The molecule has 21 heavy (non-hydrogen) atoms. The van der Waals surface area contributed by atoms with Crippen molar-refractivity contribution in [2.45, 2.75) is 32.2 Å². The van der Waals surface area contributed by atoms with Crippen LogP contribution < -0.4 is 5.73 Å². The number of benzene rings is 1. The Kier molecular flexibility index (Phi) is 5.48. The topological polar surface area (TPSA) is 49.6 Å². The summed E-state index contributed by atoms with van der Waals surface area (Å²) >= 11 is 6.14. The lowest BCUT2D eigenvalue weighted by atomic mass is 10.0. The van der Waals surface area contributed by atoms with E-state index < -0.39 is 0 Å². The number of likely N-dealkylation sites (tertiary alicyclic amines) is 1. The van der Waals surface area contributed by atoms with Crippen LogP contribution in [-0.2, 0) is 0 Å². The highest BCUT2D eigenvalue weighted by atomic mass is 35.5. The highest BCUT2D eigenvalue weighted by Crippen LogP contribution is 2.25. The number of nitrogens with two attached hydrogens (primary N) is 1. The Morgan fingerprint density at radius 2 is 2.10 bits per heavy atom. The molecule has 0 aliphatic carbocycles. The van der Waals surface area contributed by atoms with E-state index in [1.165, 1.54) is 6.42 Å². The van der Waals surface area contributed by atoms with E-state index in [4.69, 9.17) is 17.3 Å². The molecule has 1 amide bonds. The summed E-state index contributed by atoms with van der Waals surface area (Å²) in [6.45, 7) is 5.44. The number of carbonyl (C=O) groups excluding carboxylic acids is 1. The van der Waals surface area contributed by atoms with Crippen LogP contribution in [0.3, 0.4) is 0 Å². The maximum atomic E-state index is 12.6. The Balaban J connectivity index is 2.04. The van der Waals surface area contributed by atoms with Gasteiger partial charge in [0, 0.05) is 31.9 Å². The van der Waals surface area contributed by atoms with Crippen molar-refractivity contribution in [2.75, 3.05) is 32.4 Å². The fourth-order valence-corrected chi connectivity index (χ4v) is 3.22. The first-order chi connectivity index (χ1) is 10.0. The van der Waals surface area contributed by atoms with Gasteiger partial charge in [0.2, 0.25) is 0 Å². The maximum Gasteiger partial charge on any atom is 0.257 e. The van der Waals surface area contributed by atoms with Crippen LogP contribution in [0.25, 0.3) is 0 Å². The fraction of sp³-hybridized carbons (Fsp3) is 0.562. The van der Waals surface area contributed by atoms with Gasteiger partial charge in [-0.3, -0.25) is 4.79 Å². The SMILES string of the molecule is CCCN1CCC(N(C)C(=O)c2c(N)cccc2Cl)CC1. The maximum absolute atomic E-state index is 12.6. The van der Waals surface area contributed by atoms with Gasteiger partial charge in [-0.25, -0.2) is 0 Å². The molecule has 0 atom stereocenters. The van der Waals surface area contributed by atoms with Crippen LogP contribution >= 0.6 is 11.6 Å². The Labute approximate surface area is 131 Å². The molecule has 5 heteroatoms. The molecule has 4 nitrogen and oxygen atoms in total. The summed E-state index contributed by atoms with van der Waals surface area (Å²) in [7, 11) is 1.85. The summed E-state index contributed by atoms with van der Waals surface area (Å²) in [5, 5.41) is 0.426. The van der Waals surface area contributed by atoms with Crippen molar-refractivity contribution >= 4 is 23.2 Å². The molecule has 1 saturated heterocycles. The molecule has 0 saturated carbocycles. The zero-order valence-corrected chi connectivity index (χ0v) is 13.6. The third-order valence-electron chi connectivity index (χ3n) is 4.22. The number of halogens is 1. The molecule has 0 spiro atoms. The van der Waals surface area contributed by atoms with Crippen molar-refractivity contribution in [2.24, 2.45) is 0 Å². The minimum absolute atomic E-state index is 0.0768. The van der Waals surface area contributed by atoms with E-state index >= 15 is 0 Å². The minimum atomic E-state index is -0.0768. The van der Waals surface area contributed by atoms with Gasteiger partial charge in [-0.2, -0.15) is 0 Å². The van der Waals surface area contributed by atoms with Crippen LogP contribution in [0.4, 0.5) is 5.69 Å². The summed E-state index contributed by atoms with van der Waals surface area (Å²) in [5.74, 6) is -0.0768. The van der Waals surface area contributed by atoms with Crippen molar-refractivity contribution < 1.29 is 4.79 Å². The summed E-state index contributed by atoms with van der Waals surface area (Å²) in [6.07, 6.45) is 3.19. The normalized spacial score (nSPS) is 16.9. The molecule has 1 aromatic carbocycles. The van der Waals surface area contributed by atoms with Gasteiger partial charge in [-0.1, -0.05) is 24.6 Å². The monoisotopic (exact) mass is 309 g/mol. The first-order valence-electron chi connectivity index (χ1n) is 7.58. The van der Waals surface area contributed by atoms with Gasteiger partial charge in [0.1, 0.15) is 0 Å². The van der Waals surface area contributed by atoms with Gasteiger partial charge >= 0.3 is 0 Å². The fourth-order valence-electron chi connectivity index (χ4n) is 2.96. The zero-order chi connectivity index (χ0) is 15.4. The molecule has 0 aromatic heterocycles. The number of rotatable bonds is 4. The van der Waals surface area contributed by atoms with Crippen molar-refractivity contribution in [3.63, 3.8) is 0 Å². The molecule has 2 N–H and O–H groups in total. The Hall–Kier alpha value is -1.26. The van der Waals surface area contributed by atoms with E-state index in [9.17, 15) is 4.79 Å². The molecule has 1 heterocycles. The smallest absolute Gasteiger partial charge is 0.257 e. The number of nitrogen functional groups attached to an aromatic ring is 1. The predicted molar refractivity (Wildman–Crippen MR) is 87.7 cm³/mol. The van der Waals surface area contributed by atoms with E-state index in [0.29, 0.717) is 16.3 Å². The average molecular weight is 310 g/mol. The Bertz CT molecular complexity index is 478. The van der Waals surface area contributed by atoms with E-state index in [2.05, 4.69) is 11.8 Å². The zero-order valence-electron chi connectivity index (χ0n) is 12.8. The van der Waals surface area contributed by atoms with Crippen LogP contribution in [0.5, 0.6) is 0 Å². The number of nitrogens with zero attached hydrogens (tertiary/aromatic N) is 2. The number of anilines is 1. The van der Waals surface area contributed by atoms with Crippen LogP contribution in [0, 0.1) is 0 Å². The summed E-state index contributed by atoms with van der Waals surface area (Å²) in [5.41, 5.74) is 6.79. The van der Waals surface area contributed by atoms with E-state index in [-0.39, 0.29) is 11.9 Å². The second kappa shape index (κ2) is 7.14. The molecule has 0 bridgehead atoms. The number of amides is 1. The van der Waals surface area contributed by atoms with Crippen molar-refractivity contribution in [1.29, 1.82) is 0 Å². The number of hydrogen-bond donors (Lipinski definition) is 1. The predicted octanol–water partition coefficient (Wildman–Crippen LogP) is 2.87. The molecular weight excluding hydrogens is 286 g/mol. The number of piperidine rings is 1. The second-order valence-electron chi connectivity index (χ2n) is 5.69. The average Bonchev–Trinajstić information content (AvgIpc) is 2.47. The van der Waals surface area contributed by atoms with Crippen molar-refractivity contribution in [3.8, 4) is 0 Å². The Morgan fingerprint density at radius 1 is 1.43 bits per heavy atom. The van der Waals surface area contributed by atoms with Gasteiger partial charge in [0.25, 0.3) is 5.91 Å². The largest absolute Gasteiger partial charge is 0.398 e. The lowest BCUT2D eigenvalue weighted by Gasteiger charge is -2.36. The molecule has 1 aliphatic rings. The second-order valence-corrected chi connectivity index (χ2v) is 6.10. The highest BCUT2D eigenvalue weighted by Gasteiger charge is 2.27. The van der Waals surface area contributed by atoms with Gasteiger partial charge in [0.15, 0.2) is 0 Å². The summed E-state index contributed by atoms with van der Waals surface area (Å²) in [6, 6.07) is 5.46. The molecule has 0 radical (unpaired) electrons. The first kappa shape index (κ1) is 16.1. The Morgan fingerprint density at radius 3 is 2.67 bits per heavy atom. The summed E-state index contributed by atoms with van der Waals surface area (Å²) in [4.78, 5) is 16.9. The van der Waals surface area contributed by atoms with Crippen LogP contribution in [0.2, 0.25) is 5.02 Å². The molecule has 1 fully saturated rings. The quantitative estimate of drug-likeness (QED) is 0.870. The molecule has 116 valence electrons. The van der Waals surface area contributed by atoms with E-state index in [1.54, 1.807) is 23.1 Å². The minimum Gasteiger partial charge on any atom is -0.398 e. The van der Waals surface area contributed by atoms with Crippen LogP contribution in [0.1, 0.15) is 36.5 Å². The molecule has 0 unspecified atom stereocenters. The van der Waals surface area contributed by atoms with Gasteiger partial charge in [-0.05, 0) is 37.9 Å². The number of carbonyl (C=O) groups is 1. The van der Waals surface area contributed by atoms with Gasteiger partial charge in [0.05, 0.1) is 10.6 Å². The first-order valence-corrected chi connectivity index (χ1v) is 7.96. The number of hydrogen-bond acceptors (Lipinski definition) is 3. The van der Waals surface area contributed by atoms with Crippen LogP contribution in [0.15, 0.2) is 18.2 Å². The summed E-state index contributed by atoms with van der Waals surface area (Å²) < 4.78 is 0. The molecular formula is C16H24ClN3O. The third kappa shape index (κ3) is 3.69. The van der Waals surface area contributed by atoms with Crippen molar-refractivity contribution in [1.82, 2.24) is 9.80 Å².